The van der Waals surface area contributed by atoms with Crippen LogP contribution in [0.4, 0.5) is 0 Å². The maximum atomic E-state index is 3.19. The highest BCUT2D eigenvalue weighted by Crippen LogP contribution is 2.17. The molecular formula is C11H15N. The molecular weight excluding hydrogens is 146 g/mol. The molecule has 0 aliphatic carbocycles. The van der Waals surface area contributed by atoms with Crippen molar-refractivity contribution in [3.8, 4) is 0 Å². The summed E-state index contributed by atoms with van der Waals surface area (Å²) < 4.78 is 0. The summed E-state index contributed by atoms with van der Waals surface area (Å²) in [5.74, 6) is 0. The molecule has 0 aliphatic rings. The predicted octanol–water partition coefficient (Wildman–Crippen LogP) is 3.37. The highest BCUT2D eigenvalue weighted by atomic mass is 14.7. The van der Waals surface area contributed by atoms with Gasteiger partial charge >= 0.3 is 0 Å². The lowest BCUT2D eigenvalue weighted by molar-refractivity contribution is 1.16. The second-order valence-electron chi connectivity index (χ2n) is 2.71. The van der Waals surface area contributed by atoms with Gasteiger partial charge in [0, 0.05) is 17.1 Å². The van der Waals surface area contributed by atoms with Crippen molar-refractivity contribution in [3.63, 3.8) is 0 Å². The number of hydrogen-bond acceptors (Lipinski definition) is 0. The monoisotopic (exact) mass is 161 g/mol. The zero-order chi connectivity index (χ0) is 7.68. The average molecular weight is 161 g/mol. The second-order valence-corrected chi connectivity index (χ2v) is 2.71. The van der Waals surface area contributed by atoms with Crippen molar-refractivity contribution < 1.29 is 0 Å². The van der Waals surface area contributed by atoms with E-state index in [9.17, 15) is 0 Å². The normalized spacial score (nSPS) is 9.75. The number of aryl methyl sites for hydroxylation is 1. The fraction of sp³-hybridized carbons (Fsp3) is 0.273. The lowest BCUT2D eigenvalue weighted by atomic mass is 10.1. The zero-order valence-electron chi connectivity index (χ0n) is 6.59. The Morgan fingerprint density at radius 3 is 2.83 bits per heavy atom. The van der Waals surface area contributed by atoms with Crippen molar-refractivity contribution >= 4 is 10.9 Å². The third-order valence-corrected chi connectivity index (χ3v) is 2.07. The van der Waals surface area contributed by atoms with E-state index >= 15 is 0 Å². The maximum absolute atomic E-state index is 3.19. The van der Waals surface area contributed by atoms with Gasteiger partial charge in [-0.2, -0.15) is 0 Å². The van der Waals surface area contributed by atoms with Gasteiger partial charge in [-0.1, -0.05) is 26.5 Å². The Hall–Kier alpha value is -1.24. The summed E-state index contributed by atoms with van der Waals surface area (Å²) in [6.45, 7) is 2.18. The Labute approximate surface area is 73.4 Å². The number of benzene rings is 1. The van der Waals surface area contributed by atoms with Gasteiger partial charge in [0.25, 0.3) is 0 Å². The van der Waals surface area contributed by atoms with E-state index in [-0.39, 0.29) is 7.43 Å². The highest BCUT2D eigenvalue weighted by molar-refractivity contribution is 5.82. The van der Waals surface area contributed by atoms with E-state index in [2.05, 4.69) is 36.2 Å². The van der Waals surface area contributed by atoms with Gasteiger partial charge < -0.3 is 4.98 Å². The maximum Gasteiger partial charge on any atom is 0.0456 e. The minimum atomic E-state index is 0. The molecule has 0 bridgehead atoms. The Kier molecular flexibility index (Phi) is 2.54. The van der Waals surface area contributed by atoms with Crippen molar-refractivity contribution in [2.24, 2.45) is 0 Å². The first kappa shape index (κ1) is 8.85. The van der Waals surface area contributed by atoms with Crippen LogP contribution in [-0.2, 0) is 6.42 Å². The summed E-state index contributed by atoms with van der Waals surface area (Å²) in [6, 6.07) is 8.51. The van der Waals surface area contributed by atoms with Gasteiger partial charge in [0.15, 0.2) is 0 Å². The average Bonchev–Trinajstić information content (AvgIpc) is 2.50. The van der Waals surface area contributed by atoms with Crippen LogP contribution >= 0.6 is 0 Å². The van der Waals surface area contributed by atoms with E-state index in [4.69, 9.17) is 0 Å². The van der Waals surface area contributed by atoms with Crippen molar-refractivity contribution in [2.75, 3.05) is 0 Å². The van der Waals surface area contributed by atoms with E-state index in [0.29, 0.717) is 0 Å². The Bertz CT molecular complexity index is 360. The molecule has 0 atom stereocenters. The predicted molar refractivity (Wildman–Crippen MR) is 54.4 cm³/mol. The molecule has 0 radical (unpaired) electrons. The molecule has 0 saturated carbocycles. The molecule has 1 nitrogen and oxygen atoms in total. The van der Waals surface area contributed by atoms with E-state index in [0.717, 1.165) is 6.42 Å². The minimum absolute atomic E-state index is 0. The first-order valence-corrected chi connectivity index (χ1v) is 3.97. The van der Waals surface area contributed by atoms with Crippen LogP contribution in [0.1, 0.15) is 19.9 Å². The van der Waals surface area contributed by atoms with Crippen LogP contribution in [0.15, 0.2) is 30.5 Å². The first-order valence-electron chi connectivity index (χ1n) is 3.97. The van der Waals surface area contributed by atoms with Crippen LogP contribution in [0, 0.1) is 0 Å². The van der Waals surface area contributed by atoms with Crippen molar-refractivity contribution in [1.29, 1.82) is 0 Å². The molecule has 2 aromatic rings. The van der Waals surface area contributed by atoms with E-state index < -0.39 is 0 Å². The van der Waals surface area contributed by atoms with Crippen LogP contribution in [0.25, 0.3) is 10.9 Å². The van der Waals surface area contributed by atoms with E-state index in [1.54, 1.807) is 0 Å². The molecule has 0 aliphatic heterocycles. The fourth-order valence-corrected chi connectivity index (χ4v) is 1.46. The van der Waals surface area contributed by atoms with Crippen LogP contribution in [0.3, 0.4) is 0 Å². The number of aromatic nitrogens is 1. The summed E-state index contributed by atoms with van der Waals surface area (Å²) in [5.41, 5.74) is 2.66. The van der Waals surface area contributed by atoms with Gasteiger partial charge in [0.1, 0.15) is 0 Å². The van der Waals surface area contributed by atoms with Crippen molar-refractivity contribution in [2.45, 2.75) is 20.8 Å². The number of rotatable bonds is 1. The van der Waals surface area contributed by atoms with Crippen LogP contribution < -0.4 is 0 Å². The molecule has 1 aromatic heterocycles. The van der Waals surface area contributed by atoms with Gasteiger partial charge in [0.2, 0.25) is 0 Å². The molecule has 12 heavy (non-hydrogen) atoms. The molecule has 1 heterocycles. The largest absolute Gasteiger partial charge is 0.361 e. The summed E-state index contributed by atoms with van der Waals surface area (Å²) in [5, 5.41) is 1.36. The lowest BCUT2D eigenvalue weighted by Gasteiger charge is -1.96. The number of nitrogens with one attached hydrogen (secondary N) is 1. The number of H-pyrrole nitrogens is 1. The quantitative estimate of drug-likeness (QED) is 0.660. The van der Waals surface area contributed by atoms with Gasteiger partial charge in [-0.15, -0.1) is 0 Å². The van der Waals surface area contributed by atoms with Gasteiger partial charge in [-0.3, -0.25) is 0 Å². The number of hydrogen-bond donors (Lipinski definition) is 1. The molecule has 1 heteroatoms. The molecule has 64 valence electrons. The first-order chi connectivity index (χ1) is 5.42. The Balaban J connectivity index is 0.000000720. The number of fused-ring (bicyclic) bond motifs is 1. The van der Waals surface area contributed by atoms with E-state index in [1.165, 1.54) is 16.5 Å². The third-order valence-electron chi connectivity index (χ3n) is 2.07. The fourth-order valence-electron chi connectivity index (χ4n) is 1.46. The zero-order valence-corrected chi connectivity index (χ0v) is 6.59. The van der Waals surface area contributed by atoms with E-state index in [1.807, 2.05) is 6.20 Å². The van der Waals surface area contributed by atoms with Gasteiger partial charge in [-0.25, -0.2) is 0 Å². The SMILES string of the molecule is C.CCc1cccc2[nH]ccc12. The number of aromatic amines is 1. The summed E-state index contributed by atoms with van der Waals surface area (Å²) in [4.78, 5) is 3.19. The van der Waals surface area contributed by atoms with Crippen molar-refractivity contribution in [1.82, 2.24) is 4.98 Å². The summed E-state index contributed by atoms with van der Waals surface area (Å²) in [7, 11) is 0. The second kappa shape index (κ2) is 3.44. The topological polar surface area (TPSA) is 15.8 Å². The van der Waals surface area contributed by atoms with Crippen LogP contribution in [0.5, 0.6) is 0 Å². The van der Waals surface area contributed by atoms with Gasteiger partial charge in [0.05, 0.1) is 0 Å². The van der Waals surface area contributed by atoms with Crippen molar-refractivity contribution in [3.05, 3.63) is 36.0 Å². The standard InChI is InChI=1S/C10H11N.CH4/c1-2-8-4-3-5-10-9(8)6-7-11-10;/h3-7,11H,2H2,1H3;1H4. The third kappa shape index (κ3) is 1.22. The van der Waals surface area contributed by atoms with Crippen LogP contribution in [0.2, 0.25) is 0 Å². The molecule has 0 amide bonds. The lowest BCUT2D eigenvalue weighted by Crippen LogP contribution is -1.79. The summed E-state index contributed by atoms with van der Waals surface area (Å²) in [6.07, 6.45) is 3.10. The molecule has 0 unspecified atom stereocenters. The molecule has 1 aromatic carbocycles. The summed E-state index contributed by atoms with van der Waals surface area (Å²) >= 11 is 0. The Morgan fingerprint density at radius 1 is 1.25 bits per heavy atom. The smallest absolute Gasteiger partial charge is 0.0456 e. The Morgan fingerprint density at radius 2 is 2.08 bits per heavy atom. The van der Waals surface area contributed by atoms with Crippen LogP contribution in [-0.4, -0.2) is 4.98 Å². The minimum Gasteiger partial charge on any atom is -0.361 e. The molecule has 0 saturated heterocycles. The molecule has 2 rings (SSSR count). The molecule has 0 spiro atoms. The molecule has 0 fully saturated rings. The van der Waals surface area contributed by atoms with Gasteiger partial charge in [-0.05, 0) is 24.1 Å². The highest BCUT2D eigenvalue weighted by Gasteiger charge is 1.96. The molecule has 1 N–H and O–H groups in total.